The van der Waals surface area contributed by atoms with Crippen molar-refractivity contribution in [3.63, 3.8) is 0 Å². The number of carbonyl (C=O) groups excluding carboxylic acids is 2. The summed E-state index contributed by atoms with van der Waals surface area (Å²) >= 11 is 0. The van der Waals surface area contributed by atoms with Crippen LogP contribution in [0.1, 0.15) is 81.4 Å². The Hall–Kier alpha value is -3.85. The van der Waals surface area contributed by atoms with Gasteiger partial charge in [-0.2, -0.15) is 10.2 Å². The molecule has 2 bridgehead atoms. The molecule has 3 aromatic heterocycles. The maximum atomic E-state index is 14.1. The maximum absolute atomic E-state index is 14.1. The highest BCUT2D eigenvalue weighted by Gasteiger charge is 2.40. The zero-order chi connectivity index (χ0) is 32.2. The van der Waals surface area contributed by atoms with Crippen LogP contribution in [0.4, 0.5) is 25.1 Å². The highest BCUT2D eigenvalue weighted by atomic mass is 19.3. The van der Waals surface area contributed by atoms with Gasteiger partial charge in [0.2, 0.25) is 0 Å². The molecule has 4 aliphatic rings. The zero-order valence-electron chi connectivity index (χ0n) is 26.4. The molecule has 46 heavy (non-hydrogen) atoms. The van der Waals surface area contributed by atoms with Crippen LogP contribution in [0.5, 0.6) is 0 Å². The van der Waals surface area contributed by atoms with Gasteiger partial charge >= 0.3 is 6.09 Å². The van der Waals surface area contributed by atoms with Crippen LogP contribution in [0.2, 0.25) is 0 Å². The summed E-state index contributed by atoms with van der Waals surface area (Å²) in [6.07, 6.45) is 6.03. The molecule has 7 rings (SSSR count). The van der Waals surface area contributed by atoms with Crippen molar-refractivity contribution >= 4 is 29.2 Å². The van der Waals surface area contributed by atoms with Crippen molar-refractivity contribution in [1.29, 1.82) is 0 Å². The molecule has 15 heteroatoms. The molecule has 4 fully saturated rings. The monoisotopic (exact) mass is 641 g/mol. The molecular weight excluding hydrogens is 600 g/mol. The van der Waals surface area contributed by atoms with Crippen molar-refractivity contribution in [1.82, 2.24) is 34.2 Å². The fraction of sp³-hybridized carbons (Fsp3) is 0.645. The molecule has 2 amide bonds. The fourth-order valence-electron chi connectivity index (χ4n) is 7.18. The summed E-state index contributed by atoms with van der Waals surface area (Å²) in [7, 11) is 0. The second-order valence-corrected chi connectivity index (χ2v) is 13.7. The largest absolute Gasteiger partial charge is 0.444 e. The quantitative estimate of drug-likeness (QED) is 0.424. The molecule has 3 aliphatic heterocycles. The van der Waals surface area contributed by atoms with Gasteiger partial charge in [0.05, 0.1) is 36.7 Å². The third-order valence-electron chi connectivity index (χ3n) is 9.53. The van der Waals surface area contributed by atoms with Crippen molar-refractivity contribution in [3.8, 4) is 0 Å². The molecule has 0 radical (unpaired) electrons. The van der Waals surface area contributed by atoms with Gasteiger partial charge in [0.1, 0.15) is 17.0 Å². The molecule has 13 nitrogen and oxygen atoms in total. The van der Waals surface area contributed by atoms with Gasteiger partial charge in [0.25, 0.3) is 12.3 Å². The molecule has 1 N–H and O–H groups in total. The SMILES string of the molecule is CC(C)(C)OC(=O)N1CCN([C@H]2CC[C@@H](n3cc(NC(=O)c4cnn5ccc(N6C[C@H]7C[C@@H]6CO7)nc45)c(C(F)F)n3)CC2)CC1. The van der Waals surface area contributed by atoms with Crippen LogP contribution in [0, 0.1) is 0 Å². The minimum Gasteiger partial charge on any atom is -0.444 e. The lowest BCUT2D eigenvalue weighted by Gasteiger charge is -2.42. The van der Waals surface area contributed by atoms with Crippen LogP contribution < -0.4 is 10.2 Å². The second-order valence-electron chi connectivity index (χ2n) is 13.7. The molecule has 0 unspecified atom stereocenters. The summed E-state index contributed by atoms with van der Waals surface area (Å²) in [6.45, 7) is 9.77. The van der Waals surface area contributed by atoms with Gasteiger partial charge in [-0.1, -0.05) is 0 Å². The van der Waals surface area contributed by atoms with Crippen molar-refractivity contribution in [3.05, 3.63) is 35.9 Å². The van der Waals surface area contributed by atoms with Crippen LogP contribution >= 0.6 is 0 Å². The third kappa shape index (κ3) is 6.14. The van der Waals surface area contributed by atoms with Crippen LogP contribution in [-0.4, -0.2) is 109 Å². The number of nitrogens with one attached hydrogen (secondary N) is 1. The number of piperazine rings is 1. The summed E-state index contributed by atoms with van der Waals surface area (Å²) in [5.41, 5.74) is -0.431. The van der Waals surface area contributed by atoms with Gasteiger partial charge < -0.3 is 24.6 Å². The predicted octanol–water partition coefficient (Wildman–Crippen LogP) is 4.13. The summed E-state index contributed by atoms with van der Waals surface area (Å²) in [5, 5.41) is 11.2. The average molecular weight is 642 g/mol. The molecule has 1 aliphatic carbocycles. The Bertz CT molecular complexity index is 1590. The predicted molar refractivity (Wildman–Crippen MR) is 164 cm³/mol. The molecule has 6 heterocycles. The number of aromatic nitrogens is 5. The van der Waals surface area contributed by atoms with Crippen LogP contribution in [0.15, 0.2) is 24.7 Å². The van der Waals surface area contributed by atoms with E-state index in [0.29, 0.717) is 31.4 Å². The summed E-state index contributed by atoms with van der Waals surface area (Å²) in [4.78, 5) is 36.9. The number of morpholine rings is 1. The highest BCUT2D eigenvalue weighted by molar-refractivity contribution is 6.08. The topological polar surface area (TPSA) is 122 Å². The fourth-order valence-corrected chi connectivity index (χ4v) is 7.18. The smallest absolute Gasteiger partial charge is 0.410 e. The number of rotatable bonds is 6. The van der Waals surface area contributed by atoms with Crippen LogP contribution in [0.3, 0.4) is 0 Å². The summed E-state index contributed by atoms with van der Waals surface area (Å²) in [5.74, 6) is 0.168. The molecular formula is C31H41F2N9O4. The van der Waals surface area contributed by atoms with Crippen molar-refractivity contribution in [2.45, 2.75) is 89.1 Å². The first-order chi connectivity index (χ1) is 22.0. The van der Waals surface area contributed by atoms with E-state index in [4.69, 9.17) is 14.5 Å². The number of fused-ring (bicyclic) bond motifs is 3. The zero-order valence-corrected chi connectivity index (χ0v) is 26.4. The third-order valence-corrected chi connectivity index (χ3v) is 9.53. The number of carbonyl (C=O) groups is 2. The van der Waals surface area contributed by atoms with E-state index in [-0.39, 0.29) is 35.5 Å². The maximum Gasteiger partial charge on any atom is 0.410 e. The number of halogens is 2. The van der Waals surface area contributed by atoms with E-state index >= 15 is 0 Å². The Balaban J connectivity index is 0.984. The Morgan fingerprint density at radius 2 is 1.80 bits per heavy atom. The van der Waals surface area contributed by atoms with E-state index < -0.39 is 23.6 Å². The van der Waals surface area contributed by atoms with E-state index in [0.717, 1.165) is 57.6 Å². The lowest BCUT2D eigenvalue weighted by atomic mass is 9.90. The van der Waals surface area contributed by atoms with Crippen LogP contribution in [0.25, 0.3) is 5.65 Å². The second kappa shape index (κ2) is 12.1. The number of anilines is 2. The van der Waals surface area contributed by atoms with Crippen molar-refractivity contribution in [2.75, 3.05) is 49.5 Å². The summed E-state index contributed by atoms with van der Waals surface area (Å²) in [6, 6.07) is 2.42. The molecule has 3 saturated heterocycles. The number of amides is 2. The average Bonchev–Trinajstić information content (AvgIpc) is 3.84. The van der Waals surface area contributed by atoms with Gasteiger partial charge in [0.15, 0.2) is 11.3 Å². The Kier molecular flexibility index (Phi) is 8.07. The number of hydrogen-bond acceptors (Lipinski definition) is 9. The Labute approximate surface area is 265 Å². The summed E-state index contributed by atoms with van der Waals surface area (Å²) < 4.78 is 42.6. The lowest BCUT2D eigenvalue weighted by Crippen LogP contribution is -2.53. The molecule has 2 atom stereocenters. The van der Waals surface area contributed by atoms with Crippen molar-refractivity contribution < 1.29 is 27.8 Å². The molecule has 0 spiro atoms. The Morgan fingerprint density at radius 1 is 1.07 bits per heavy atom. The van der Waals surface area contributed by atoms with Gasteiger partial charge in [-0.25, -0.2) is 23.1 Å². The minimum atomic E-state index is -2.85. The number of ether oxygens (including phenoxy) is 2. The molecule has 1 saturated carbocycles. The first-order valence-electron chi connectivity index (χ1n) is 16.2. The van der Waals surface area contributed by atoms with E-state index in [1.807, 2.05) is 26.8 Å². The van der Waals surface area contributed by atoms with E-state index in [2.05, 4.69) is 25.3 Å². The van der Waals surface area contributed by atoms with Crippen molar-refractivity contribution in [2.24, 2.45) is 0 Å². The minimum absolute atomic E-state index is 0.00936. The van der Waals surface area contributed by atoms with Gasteiger partial charge in [-0.3, -0.25) is 14.4 Å². The van der Waals surface area contributed by atoms with E-state index in [9.17, 15) is 18.4 Å². The number of nitrogens with zero attached hydrogens (tertiary/aromatic N) is 8. The standard InChI is InChI=1S/C31H41F2N9O4/c1-31(2,3)46-30(44)39-12-10-38(11-13-39)19-4-6-20(7-5-19)42-17-24(26(37-42)27(32)33)35-29(43)23-15-34-41-9-8-25(36-28(23)41)40-16-22-14-21(40)18-45-22/h8-9,15,17,19-22,27H,4-7,10-14,16,18H2,1-3H3,(H,35,43)/t19-,20+,21-,22-/m1/s1. The number of alkyl halides is 2. The van der Waals surface area contributed by atoms with E-state index in [1.54, 1.807) is 15.8 Å². The van der Waals surface area contributed by atoms with E-state index in [1.165, 1.54) is 16.9 Å². The first-order valence-corrected chi connectivity index (χ1v) is 16.2. The van der Waals surface area contributed by atoms with Gasteiger partial charge in [-0.15, -0.1) is 0 Å². The van der Waals surface area contributed by atoms with Gasteiger partial charge in [0, 0.05) is 51.2 Å². The molecule has 3 aromatic rings. The highest BCUT2D eigenvalue weighted by Crippen LogP contribution is 2.35. The molecule has 0 aromatic carbocycles. The molecule has 248 valence electrons. The Morgan fingerprint density at radius 3 is 2.46 bits per heavy atom. The lowest BCUT2D eigenvalue weighted by molar-refractivity contribution is 0.00720. The number of hydrogen-bond donors (Lipinski definition) is 1. The van der Waals surface area contributed by atoms with Crippen LogP contribution in [-0.2, 0) is 9.47 Å². The first kappa shape index (κ1) is 30.8. The normalized spacial score (nSPS) is 25.5. The van der Waals surface area contributed by atoms with Gasteiger partial charge in [-0.05, 0) is 58.9 Å².